The first-order chi connectivity index (χ1) is 6.75. The molecule has 0 radical (unpaired) electrons. The molecule has 2 saturated heterocycles. The van der Waals surface area contributed by atoms with Crippen molar-refractivity contribution in [2.45, 2.75) is 19.4 Å². The Kier molecular flexibility index (Phi) is 1.59. The van der Waals surface area contributed by atoms with Gasteiger partial charge in [0.15, 0.2) is 0 Å². The maximum absolute atomic E-state index is 11.5. The molecule has 1 aliphatic carbocycles. The van der Waals surface area contributed by atoms with Crippen LogP contribution in [0.1, 0.15) is 13.3 Å². The molecule has 2 heterocycles. The lowest BCUT2D eigenvalue weighted by molar-refractivity contribution is -0.122. The third-order valence-electron chi connectivity index (χ3n) is 3.54. The van der Waals surface area contributed by atoms with Crippen LogP contribution in [0, 0.1) is 11.8 Å². The molecule has 2 N–H and O–H groups in total. The molecule has 74 valence electrons. The van der Waals surface area contributed by atoms with Crippen molar-refractivity contribution in [1.82, 2.24) is 10.6 Å². The number of hydrogen-bond acceptors (Lipinski definition) is 2. The van der Waals surface area contributed by atoms with Crippen LogP contribution in [0.25, 0.3) is 0 Å². The van der Waals surface area contributed by atoms with Gasteiger partial charge in [0.2, 0.25) is 5.91 Å². The van der Waals surface area contributed by atoms with Crippen LogP contribution in [0.4, 0.5) is 0 Å². The van der Waals surface area contributed by atoms with Gasteiger partial charge in [0.25, 0.3) is 0 Å². The molecule has 1 amide bonds. The van der Waals surface area contributed by atoms with Crippen molar-refractivity contribution in [3.05, 3.63) is 23.4 Å². The Morgan fingerprint density at radius 3 is 3.21 bits per heavy atom. The molecule has 3 unspecified atom stereocenters. The lowest BCUT2D eigenvalue weighted by Crippen LogP contribution is -2.42. The first kappa shape index (κ1) is 8.24. The maximum atomic E-state index is 11.5. The van der Waals surface area contributed by atoms with E-state index in [0.29, 0.717) is 24.3 Å². The Labute approximate surface area is 83.3 Å². The molecule has 2 aliphatic heterocycles. The van der Waals surface area contributed by atoms with Crippen LogP contribution in [0.3, 0.4) is 0 Å². The minimum absolute atomic E-state index is 0.179. The second-order valence-corrected chi connectivity index (χ2v) is 4.43. The van der Waals surface area contributed by atoms with Crippen LogP contribution in [-0.2, 0) is 4.79 Å². The Morgan fingerprint density at radius 2 is 2.36 bits per heavy atom. The summed E-state index contributed by atoms with van der Waals surface area (Å²) in [5.41, 5.74) is 2.37. The largest absolute Gasteiger partial charge is 0.329 e. The smallest absolute Gasteiger partial charge is 0.224 e. The van der Waals surface area contributed by atoms with Crippen LogP contribution in [0.2, 0.25) is 0 Å². The predicted molar refractivity (Wildman–Crippen MR) is 53.4 cm³/mol. The summed E-state index contributed by atoms with van der Waals surface area (Å²) in [5.74, 6) is 1.19. The zero-order valence-corrected chi connectivity index (χ0v) is 8.21. The monoisotopic (exact) mass is 190 g/mol. The van der Waals surface area contributed by atoms with Crippen LogP contribution in [0.5, 0.6) is 0 Å². The van der Waals surface area contributed by atoms with Gasteiger partial charge in [-0.2, -0.15) is 0 Å². The normalized spacial score (nSPS) is 39.8. The molecule has 0 aromatic heterocycles. The molecule has 3 atom stereocenters. The number of rotatable bonds is 0. The minimum Gasteiger partial charge on any atom is -0.329 e. The second-order valence-electron chi connectivity index (χ2n) is 4.43. The van der Waals surface area contributed by atoms with Crippen molar-refractivity contribution in [1.29, 1.82) is 0 Å². The molecule has 0 bridgehead atoms. The van der Waals surface area contributed by atoms with E-state index in [-0.39, 0.29) is 5.91 Å². The molecule has 14 heavy (non-hydrogen) atoms. The number of nitrogens with one attached hydrogen (secondary N) is 2. The van der Waals surface area contributed by atoms with Crippen molar-refractivity contribution in [2.75, 3.05) is 6.54 Å². The fraction of sp³-hybridized carbons (Fsp3) is 0.545. The molecule has 3 aliphatic rings. The molecule has 0 aromatic carbocycles. The molecule has 0 spiro atoms. The number of allylic oxidation sites excluding steroid dienone is 2. The van der Waals surface area contributed by atoms with E-state index in [2.05, 4.69) is 29.7 Å². The molecule has 3 rings (SSSR count). The number of carbonyl (C=O) groups excluding carboxylic acids is 1. The number of hydrogen-bond donors (Lipinski definition) is 2. The Bertz CT molecular complexity index is 356. The van der Waals surface area contributed by atoms with Crippen LogP contribution in [-0.4, -0.2) is 18.5 Å². The summed E-state index contributed by atoms with van der Waals surface area (Å²) >= 11 is 0. The summed E-state index contributed by atoms with van der Waals surface area (Å²) in [6, 6.07) is 0.444. The zero-order valence-electron chi connectivity index (χ0n) is 8.21. The molecule has 0 saturated carbocycles. The first-order valence-electron chi connectivity index (χ1n) is 5.18. The summed E-state index contributed by atoms with van der Waals surface area (Å²) in [7, 11) is 0. The molecular formula is C11H14N2O. The third kappa shape index (κ3) is 0.989. The highest BCUT2D eigenvalue weighted by Gasteiger charge is 2.43. The molecular weight excluding hydrogens is 176 g/mol. The van der Waals surface area contributed by atoms with E-state index in [9.17, 15) is 4.79 Å². The first-order valence-corrected chi connectivity index (χ1v) is 5.18. The SMILES string of the molecule is CC1=C2NC(=O)CC3CNC(C=C1)C23. The molecule has 3 heteroatoms. The number of amides is 1. The van der Waals surface area contributed by atoms with Crippen molar-refractivity contribution in [3.8, 4) is 0 Å². The zero-order chi connectivity index (χ0) is 9.71. The second kappa shape index (κ2) is 2.70. The molecule has 3 nitrogen and oxygen atoms in total. The standard InChI is InChI=1S/C11H14N2O/c1-6-2-3-8-10-7(5-12-8)4-9(14)13-11(6)10/h2-3,7-8,10,12H,4-5H2,1H3,(H,13,14). The van der Waals surface area contributed by atoms with Gasteiger partial charge in [-0.15, -0.1) is 0 Å². The minimum atomic E-state index is 0.179. The quantitative estimate of drug-likeness (QED) is 0.586. The van der Waals surface area contributed by atoms with E-state index in [0.717, 1.165) is 12.2 Å². The predicted octanol–water partition coefficient (Wildman–Crippen LogP) is 0.554. The number of piperidine rings is 1. The average Bonchev–Trinajstić information content (AvgIpc) is 2.55. The Balaban J connectivity index is 2.06. The topological polar surface area (TPSA) is 41.1 Å². The van der Waals surface area contributed by atoms with Crippen molar-refractivity contribution in [2.24, 2.45) is 11.8 Å². The van der Waals surface area contributed by atoms with Gasteiger partial charge in [-0.1, -0.05) is 12.2 Å². The summed E-state index contributed by atoms with van der Waals surface area (Å²) in [5, 5.41) is 6.48. The van der Waals surface area contributed by atoms with E-state index in [4.69, 9.17) is 0 Å². The highest BCUT2D eigenvalue weighted by atomic mass is 16.1. The summed E-state index contributed by atoms with van der Waals surface area (Å²) in [4.78, 5) is 11.5. The Hall–Kier alpha value is -1.09. The van der Waals surface area contributed by atoms with Crippen molar-refractivity contribution in [3.63, 3.8) is 0 Å². The van der Waals surface area contributed by atoms with Crippen LogP contribution >= 0.6 is 0 Å². The van der Waals surface area contributed by atoms with E-state index in [1.165, 1.54) is 5.57 Å². The van der Waals surface area contributed by atoms with Gasteiger partial charge in [-0.25, -0.2) is 0 Å². The van der Waals surface area contributed by atoms with Gasteiger partial charge in [-0.3, -0.25) is 4.79 Å². The average molecular weight is 190 g/mol. The third-order valence-corrected chi connectivity index (χ3v) is 3.54. The summed E-state index contributed by atoms with van der Waals surface area (Å²) in [6.45, 7) is 3.05. The van der Waals surface area contributed by atoms with Crippen LogP contribution in [0.15, 0.2) is 23.4 Å². The molecule has 0 aromatic rings. The lowest BCUT2D eigenvalue weighted by Gasteiger charge is -2.33. The van der Waals surface area contributed by atoms with Gasteiger partial charge in [-0.05, 0) is 25.0 Å². The summed E-state index contributed by atoms with van der Waals surface area (Å²) in [6.07, 6.45) is 5.01. The van der Waals surface area contributed by atoms with Crippen molar-refractivity contribution < 1.29 is 4.79 Å². The van der Waals surface area contributed by atoms with E-state index >= 15 is 0 Å². The van der Waals surface area contributed by atoms with E-state index in [1.54, 1.807) is 0 Å². The van der Waals surface area contributed by atoms with Gasteiger partial charge in [0, 0.05) is 24.1 Å². The lowest BCUT2D eigenvalue weighted by atomic mass is 9.78. The highest BCUT2D eigenvalue weighted by molar-refractivity contribution is 5.80. The fourth-order valence-electron chi connectivity index (χ4n) is 2.86. The number of carbonyl (C=O) groups is 1. The van der Waals surface area contributed by atoms with Crippen LogP contribution < -0.4 is 10.6 Å². The maximum Gasteiger partial charge on any atom is 0.224 e. The summed E-state index contributed by atoms with van der Waals surface area (Å²) < 4.78 is 0. The van der Waals surface area contributed by atoms with Crippen molar-refractivity contribution >= 4 is 5.91 Å². The van der Waals surface area contributed by atoms with Gasteiger partial charge in [0.1, 0.15) is 0 Å². The van der Waals surface area contributed by atoms with Gasteiger partial charge >= 0.3 is 0 Å². The van der Waals surface area contributed by atoms with E-state index < -0.39 is 0 Å². The van der Waals surface area contributed by atoms with Gasteiger partial charge < -0.3 is 10.6 Å². The highest BCUT2D eigenvalue weighted by Crippen LogP contribution is 2.38. The van der Waals surface area contributed by atoms with Gasteiger partial charge in [0.05, 0.1) is 0 Å². The fourth-order valence-corrected chi connectivity index (χ4v) is 2.86. The van der Waals surface area contributed by atoms with E-state index in [1.807, 2.05) is 0 Å². The molecule has 2 fully saturated rings. The Morgan fingerprint density at radius 1 is 1.50 bits per heavy atom.